The molecule has 0 radical (unpaired) electrons. The Labute approximate surface area is 384 Å². The number of halogens is 1. The lowest BCUT2D eigenvalue weighted by atomic mass is 10.1. The predicted octanol–water partition coefficient (Wildman–Crippen LogP) is 10.6. The molecule has 4 N–H and O–H groups in total. The fourth-order valence-corrected chi connectivity index (χ4v) is 14.2. The molecule has 0 saturated carbocycles. The van der Waals surface area contributed by atoms with E-state index < -0.39 is 13.1 Å². The molecule has 1 amide bonds. The van der Waals surface area contributed by atoms with E-state index in [1.807, 2.05) is 104 Å². The number of thioether (sulfide) groups is 4. The maximum absolute atomic E-state index is 11.9. The van der Waals surface area contributed by atoms with Crippen LogP contribution < -0.4 is 11.1 Å². The summed E-state index contributed by atoms with van der Waals surface area (Å²) in [5, 5.41) is 11.2. The largest absolute Gasteiger partial charge is 0.481 e. The number of rotatable bonds is 23. The molecule has 2 heterocycles. The van der Waals surface area contributed by atoms with Gasteiger partial charge in [0.1, 0.15) is 0 Å². The second-order valence-electron chi connectivity index (χ2n) is 12.9. The summed E-state index contributed by atoms with van der Waals surface area (Å²) in [4.78, 5) is 70.5. The minimum atomic E-state index is -1.00. The van der Waals surface area contributed by atoms with Crippen LogP contribution in [0.15, 0.2) is 70.5 Å². The lowest BCUT2D eigenvalue weighted by molar-refractivity contribution is -0.138. The van der Waals surface area contributed by atoms with Gasteiger partial charge in [0.15, 0.2) is 20.5 Å². The van der Waals surface area contributed by atoms with E-state index in [0.717, 1.165) is 76.3 Å². The Hall–Kier alpha value is -1.25. The number of carboxylic acids is 1. The number of nitrogens with two attached hydrogens (primary N) is 1. The van der Waals surface area contributed by atoms with Crippen molar-refractivity contribution in [2.45, 2.75) is 86.8 Å². The number of hydrogen-bond acceptors (Lipinski definition) is 15. The Kier molecular flexibility index (Phi) is 35.1. The average Bonchev–Trinajstić information content (AvgIpc) is 3.96. The number of carbonyl (C=O) groups is 6. The van der Waals surface area contributed by atoms with E-state index >= 15 is 0 Å². The van der Waals surface area contributed by atoms with Crippen molar-refractivity contribution in [3.63, 3.8) is 0 Å². The highest BCUT2D eigenvalue weighted by Crippen LogP contribution is 2.37. The van der Waals surface area contributed by atoms with E-state index in [9.17, 15) is 33.2 Å². The smallest absolute Gasteiger partial charge is 0.303 e. The van der Waals surface area contributed by atoms with E-state index in [-0.39, 0.29) is 52.1 Å². The predicted molar refractivity (Wildman–Crippen MR) is 258 cm³/mol. The van der Waals surface area contributed by atoms with Gasteiger partial charge in [0.05, 0.1) is 14.9 Å². The number of unbranched alkanes of at least 4 members (excludes halogenated alkanes) is 2. The number of carboxylic acid groups (broad SMARTS) is 1. The second-order valence-corrected chi connectivity index (χ2v) is 22.6. The van der Waals surface area contributed by atoms with Crippen LogP contribution in [0.2, 0.25) is 0 Å². The fraction of sp³-hybridized carbons (Fsp3) is 0.561. The molecule has 0 aromatic heterocycles. The van der Waals surface area contributed by atoms with Crippen LogP contribution in [0, 0.1) is 11.8 Å². The molecule has 0 atom stereocenters. The van der Waals surface area contributed by atoms with Crippen molar-refractivity contribution >= 4 is 123 Å². The first kappa shape index (κ1) is 53.9. The SMILES string of the molecule is NCCCCC1CSSC1.O=C(CCC(=O)SCCC(=O)Sc1ccccc1)NCCCCC1CSSC1.O=C(O)CCC(=O)SCCC(=O)Sc1ccccc1.[2H]CF. The van der Waals surface area contributed by atoms with Gasteiger partial charge in [0.2, 0.25) is 5.91 Å². The fourth-order valence-electron chi connectivity index (χ4n) is 4.87. The van der Waals surface area contributed by atoms with E-state index in [1.54, 1.807) is 0 Å². The molecule has 330 valence electrons. The summed E-state index contributed by atoms with van der Waals surface area (Å²) in [5.74, 6) is 6.90. The van der Waals surface area contributed by atoms with Gasteiger partial charge in [-0.25, -0.2) is 0 Å². The van der Waals surface area contributed by atoms with Gasteiger partial charge in [-0.15, -0.1) is 0 Å². The third-order valence-corrected chi connectivity index (χ3v) is 17.1. The zero-order valence-corrected chi connectivity index (χ0v) is 39.9. The van der Waals surface area contributed by atoms with Crippen molar-refractivity contribution in [1.82, 2.24) is 5.32 Å². The number of carbonyl (C=O) groups excluding carboxylic acids is 5. The number of alkyl halides is 1. The Morgan fingerprint density at radius 3 is 1.51 bits per heavy atom. The number of nitrogens with one attached hydrogen (secondary N) is 1. The van der Waals surface area contributed by atoms with E-state index in [0.29, 0.717) is 30.9 Å². The molecule has 0 unspecified atom stereocenters. The van der Waals surface area contributed by atoms with Crippen LogP contribution in [0.3, 0.4) is 0 Å². The molecule has 2 aromatic carbocycles. The van der Waals surface area contributed by atoms with Gasteiger partial charge in [0.25, 0.3) is 0 Å². The first-order valence-electron chi connectivity index (χ1n) is 20.1. The standard InChI is InChI=1S/C20H27NO3S4.C13H14O4S2.C7H15NS2.CH3F/c22-18(21-12-5-4-6-16-14-26-27-15-16)9-10-19(23)25-13-11-20(24)28-17-7-2-1-3-8-17;14-11(15)6-7-12(16)18-9-8-13(17)19-10-4-2-1-3-5-10;8-4-2-1-3-7-5-9-10-6-7;1-2/h1-3,7-8,16H,4-6,9-15H2,(H,21,22);1-5H,6-9H2,(H,14,15);7H,1-6,8H2;1H3/i;;;1D. The molecular weight excluding hydrogens is 908 g/mol. The van der Waals surface area contributed by atoms with Gasteiger partial charge in [0, 0.05) is 83.0 Å². The second kappa shape index (κ2) is 38.4. The molecular formula is C41H59FN2O7S8. The van der Waals surface area contributed by atoms with Gasteiger partial charge in [-0.2, -0.15) is 0 Å². The maximum atomic E-state index is 11.9. The van der Waals surface area contributed by atoms with Crippen LogP contribution in [-0.4, -0.2) is 92.2 Å². The minimum absolute atomic E-state index is 0.00438. The quantitative estimate of drug-likeness (QED) is 0.0548. The van der Waals surface area contributed by atoms with Crippen LogP contribution in [0.4, 0.5) is 4.39 Å². The molecule has 2 aromatic rings. The number of amides is 1. The normalized spacial score (nSPS) is 13.7. The lowest BCUT2D eigenvalue weighted by Crippen LogP contribution is -2.24. The third kappa shape index (κ3) is 33.0. The zero-order chi connectivity index (χ0) is 44.1. The van der Waals surface area contributed by atoms with Crippen molar-refractivity contribution in [2.75, 3.05) is 54.8 Å². The van der Waals surface area contributed by atoms with Crippen LogP contribution in [0.5, 0.6) is 0 Å². The molecule has 2 aliphatic rings. The highest BCUT2D eigenvalue weighted by Gasteiger charge is 2.16. The van der Waals surface area contributed by atoms with Crippen molar-refractivity contribution in [3.8, 4) is 0 Å². The van der Waals surface area contributed by atoms with E-state index in [1.165, 1.54) is 60.5 Å². The summed E-state index contributed by atoms with van der Waals surface area (Å²) in [6, 6.07) is 18.8. The molecule has 2 fully saturated rings. The molecule has 4 rings (SSSR count). The summed E-state index contributed by atoms with van der Waals surface area (Å²) in [7, 11) is 6.97. The summed E-state index contributed by atoms with van der Waals surface area (Å²) >= 11 is 4.53. The van der Waals surface area contributed by atoms with Crippen molar-refractivity contribution in [3.05, 3.63) is 60.7 Å². The molecule has 59 heavy (non-hydrogen) atoms. The van der Waals surface area contributed by atoms with Crippen molar-refractivity contribution in [1.29, 1.82) is 0 Å². The molecule has 18 heteroatoms. The van der Waals surface area contributed by atoms with Gasteiger partial charge >= 0.3 is 5.97 Å². The highest BCUT2D eigenvalue weighted by molar-refractivity contribution is 8.77. The van der Waals surface area contributed by atoms with Crippen molar-refractivity contribution in [2.24, 2.45) is 17.6 Å². The lowest BCUT2D eigenvalue weighted by Gasteiger charge is -2.08. The number of aliphatic carboxylic acids is 1. The van der Waals surface area contributed by atoms with Gasteiger partial charge < -0.3 is 16.2 Å². The Morgan fingerprint density at radius 2 is 1.08 bits per heavy atom. The molecule has 0 aliphatic carbocycles. The molecule has 0 spiro atoms. The maximum Gasteiger partial charge on any atom is 0.303 e. The summed E-state index contributed by atoms with van der Waals surface area (Å²) in [6.07, 6.45) is 8.30. The zero-order valence-electron chi connectivity index (χ0n) is 34.4. The summed E-state index contributed by atoms with van der Waals surface area (Å²) < 4.78 is 15.5. The topological polar surface area (TPSA) is 161 Å². The summed E-state index contributed by atoms with van der Waals surface area (Å²) in [5.41, 5.74) is 5.40. The minimum Gasteiger partial charge on any atom is -0.481 e. The first-order chi connectivity index (χ1) is 29.1. The first-order valence-corrected chi connectivity index (χ1v) is 28.0. The monoisotopic (exact) mass is 967 g/mol. The van der Waals surface area contributed by atoms with Crippen molar-refractivity contribution < 1.29 is 39.6 Å². The van der Waals surface area contributed by atoms with Crippen LogP contribution in [-0.2, 0) is 28.8 Å². The van der Waals surface area contributed by atoms with Gasteiger partial charge in [-0.3, -0.25) is 33.2 Å². The number of hydrogen-bond donors (Lipinski definition) is 3. The average molecular weight is 968 g/mol. The molecule has 9 nitrogen and oxygen atoms in total. The highest BCUT2D eigenvalue weighted by atomic mass is 33.1. The Morgan fingerprint density at radius 1 is 0.661 bits per heavy atom. The van der Waals surface area contributed by atoms with Crippen LogP contribution in [0.1, 0.15) is 78.4 Å². The van der Waals surface area contributed by atoms with E-state index in [4.69, 9.17) is 12.2 Å². The van der Waals surface area contributed by atoms with Gasteiger partial charge in [-0.1, -0.05) is 139 Å². The summed E-state index contributed by atoms with van der Waals surface area (Å²) in [6.45, 7) is 1.56. The third-order valence-electron chi connectivity index (χ3n) is 8.00. The Bertz CT molecular complexity index is 1480. The van der Waals surface area contributed by atoms with E-state index in [2.05, 4.69) is 5.32 Å². The van der Waals surface area contributed by atoms with Crippen LogP contribution in [0.25, 0.3) is 0 Å². The molecule has 0 bridgehead atoms. The van der Waals surface area contributed by atoms with Gasteiger partial charge in [-0.05, 0) is 68.3 Å². The molecule has 2 saturated heterocycles. The Balaban J connectivity index is 0.000000481. The number of benzene rings is 2. The molecule has 2 aliphatic heterocycles. The van der Waals surface area contributed by atoms with Crippen LogP contribution >= 0.6 is 90.2 Å².